The Bertz CT molecular complexity index is 1640. The van der Waals surface area contributed by atoms with Crippen molar-refractivity contribution in [1.82, 2.24) is 0 Å². The van der Waals surface area contributed by atoms with E-state index >= 15 is 0 Å². The van der Waals surface area contributed by atoms with Crippen LogP contribution in [0.2, 0.25) is 0 Å². The molecule has 0 spiro atoms. The molecule has 9 heteroatoms. The van der Waals surface area contributed by atoms with Gasteiger partial charge in [0.1, 0.15) is 29.1 Å². The van der Waals surface area contributed by atoms with Crippen molar-refractivity contribution in [2.45, 2.75) is 72.8 Å². The molecule has 6 atom stereocenters. The van der Waals surface area contributed by atoms with Crippen molar-refractivity contribution in [3.05, 3.63) is 52.6 Å². The number of aromatic hydroxyl groups is 1. The van der Waals surface area contributed by atoms with Gasteiger partial charge in [0.15, 0.2) is 28.7 Å². The molecule has 3 unspecified atom stereocenters. The average molecular weight is 595 g/mol. The Hall–Kier alpha value is -3.59. The van der Waals surface area contributed by atoms with E-state index in [0.717, 1.165) is 19.1 Å². The predicted molar refractivity (Wildman–Crippen MR) is 152 cm³/mol. The summed E-state index contributed by atoms with van der Waals surface area (Å²) >= 11 is 0. The first-order valence-electron chi connectivity index (χ1n) is 14.6. The largest absolute Gasteiger partial charge is 0.507 e. The Labute approximate surface area is 248 Å². The van der Waals surface area contributed by atoms with Gasteiger partial charge in [0.2, 0.25) is 0 Å². The fraction of sp³-hybridized carbons (Fsp3) is 0.500. The first kappa shape index (κ1) is 30.9. The maximum Gasteiger partial charge on any atom is 0.190 e. The molecule has 0 aliphatic heterocycles. The molecule has 2 aromatic rings. The van der Waals surface area contributed by atoms with Gasteiger partial charge in [-0.2, -0.15) is 0 Å². The third-order valence-corrected chi connectivity index (χ3v) is 10.3. The smallest absolute Gasteiger partial charge is 0.190 e. The molecule has 0 saturated heterocycles. The molecular formula is C34H36F2O7. The first-order chi connectivity index (χ1) is 19.8. The van der Waals surface area contributed by atoms with Crippen molar-refractivity contribution < 1.29 is 43.0 Å². The summed E-state index contributed by atoms with van der Waals surface area (Å²) in [6.45, 7) is 11.5. The summed E-state index contributed by atoms with van der Waals surface area (Å²) in [5, 5.41) is 23.6. The lowest BCUT2D eigenvalue weighted by atomic mass is 9.39. The highest BCUT2D eigenvalue weighted by molar-refractivity contribution is 6.32. The minimum Gasteiger partial charge on any atom is -0.507 e. The number of aliphatic hydroxyl groups is 1. The molecule has 2 aromatic carbocycles. The molecule has 0 aromatic heterocycles. The highest BCUT2D eigenvalue weighted by atomic mass is 19.1. The van der Waals surface area contributed by atoms with Crippen LogP contribution in [-0.4, -0.2) is 44.7 Å². The van der Waals surface area contributed by atoms with Gasteiger partial charge in [-0.15, -0.1) is 0 Å². The molecule has 0 radical (unpaired) electrons. The molecule has 43 heavy (non-hydrogen) atoms. The van der Waals surface area contributed by atoms with Crippen LogP contribution in [0.25, 0.3) is 11.1 Å². The number of fused-ring (bicyclic) bond motifs is 3. The molecule has 3 aliphatic rings. The fourth-order valence-corrected chi connectivity index (χ4v) is 8.66. The molecule has 5 rings (SSSR count). The van der Waals surface area contributed by atoms with Crippen LogP contribution < -0.4 is 0 Å². The summed E-state index contributed by atoms with van der Waals surface area (Å²) in [7, 11) is 0. The quantitative estimate of drug-likeness (QED) is 0.469. The van der Waals surface area contributed by atoms with Gasteiger partial charge >= 0.3 is 0 Å². The van der Waals surface area contributed by atoms with Crippen molar-refractivity contribution in [2.24, 2.45) is 34.5 Å². The van der Waals surface area contributed by atoms with Gasteiger partial charge in [0.05, 0.1) is 11.5 Å². The van der Waals surface area contributed by atoms with Crippen molar-refractivity contribution in [3.8, 4) is 16.9 Å². The number of hydrogen-bond donors (Lipinski definition) is 2. The Morgan fingerprint density at radius 3 is 2.14 bits per heavy atom. The zero-order valence-corrected chi connectivity index (χ0v) is 25.3. The topological polar surface area (TPSA) is 126 Å². The standard InChI is InChI=1S/C34H36F2O7/c1-14(2)19-11-20(18-9-8-17(35)10-22(18)36)27(38)24-21(19)12-32(6)13-33(7)25(15(3)4)28(39)23(16(5)37)30(41)34(33,43)31(42)26(32)29(24)40/h8-11,14-15,23,25-26,38,43H,12-13H2,1-7H3/t23?,25?,26?,32-,33-,34+/m1/s1. The van der Waals surface area contributed by atoms with Gasteiger partial charge < -0.3 is 10.2 Å². The second kappa shape index (κ2) is 9.71. The zero-order valence-electron chi connectivity index (χ0n) is 25.3. The summed E-state index contributed by atoms with van der Waals surface area (Å²) in [6, 6.07) is 4.41. The number of carbonyl (C=O) groups is 5. The maximum atomic E-state index is 14.9. The Morgan fingerprint density at radius 1 is 0.977 bits per heavy atom. The van der Waals surface area contributed by atoms with Gasteiger partial charge in [-0.25, -0.2) is 8.78 Å². The lowest BCUT2D eigenvalue weighted by molar-refractivity contribution is -0.205. The van der Waals surface area contributed by atoms with Crippen molar-refractivity contribution >= 4 is 28.9 Å². The van der Waals surface area contributed by atoms with Gasteiger partial charge in [0.25, 0.3) is 0 Å². The van der Waals surface area contributed by atoms with E-state index in [4.69, 9.17) is 0 Å². The second-order valence-corrected chi connectivity index (χ2v) is 13.8. The van der Waals surface area contributed by atoms with E-state index in [1.165, 1.54) is 6.92 Å². The van der Waals surface area contributed by atoms with Crippen LogP contribution in [-0.2, 0) is 25.6 Å². The second-order valence-electron chi connectivity index (χ2n) is 13.8. The Morgan fingerprint density at radius 2 is 1.60 bits per heavy atom. The normalized spacial score (nSPS) is 32.1. The molecular weight excluding hydrogens is 558 g/mol. The van der Waals surface area contributed by atoms with Crippen LogP contribution in [0.1, 0.15) is 82.3 Å². The minimum absolute atomic E-state index is 0.0560. The number of carbonyl (C=O) groups excluding carboxylic acids is 5. The summed E-state index contributed by atoms with van der Waals surface area (Å²) in [5.41, 5.74) is -4.92. The summed E-state index contributed by atoms with van der Waals surface area (Å²) in [5.74, 6) is -12.0. The van der Waals surface area contributed by atoms with Crippen molar-refractivity contribution in [1.29, 1.82) is 0 Å². The van der Waals surface area contributed by atoms with Crippen molar-refractivity contribution in [3.63, 3.8) is 0 Å². The van der Waals surface area contributed by atoms with Crippen LogP contribution in [0, 0.1) is 46.1 Å². The number of phenols is 1. The van der Waals surface area contributed by atoms with Gasteiger partial charge in [-0.05, 0) is 66.3 Å². The highest BCUT2D eigenvalue weighted by Crippen LogP contribution is 2.64. The van der Waals surface area contributed by atoms with Crippen LogP contribution in [0.15, 0.2) is 24.3 Å². The molecule has 2 N–H and O–H groups in total. The number of hydrogen-bond acceptors (Lipinski definition) is 7. The molecule has 0 bridgehead atoms. The predicted octanol–water partition coefficient (Wildman–Crippen LogP) is 5.16. The first-order valence-corrected chi connectivity index (χ1v) is 14.6. The van der Waals surface area contributed by atoms with Crippen LogP contribution in [0.4, 0.5) is 8.78 Å². The third-order valence-electron chi connectivity index (χ3n) is 10.3. The maximum absolute atomic E-state index is 14.9. The van der Waals surface area contributed by atoms with E-state index in [1.54, 1.807) is 26.8 Å². The lowest BCUT2D eigenvalue weighted by Crippen LogP contribution is -2.76. The minimum atomic E-state index is -2.80. The zero-order chi connectivity index (χ0) is 32.1. The summed E-state index contributed by atoms with van der Waals surface area (Å²) in [6.07, 6.45) is 0.0302. The lowest BCUT2D eigenvalue weighted by Gasteiger charge is -2.62. The molecule has 2 saturated carbocycles. The Balaban J connectivity index is 1.78. The molecule has 228 valence electrons. The average Bonchev–Trinajstić information content (AvgIpc) is 2.86. The van der Waals surface area contributed by atoms with Crippen LogP contribution in [0.5, 0.6) is 5.75 Å². The molecule has 0 heterocycles. The molecule has 3 aliphatic carbocycles. The van der Waals surface area contributed by atoms with E-state index in [2.05, 4.69) is 0 Å². The summed E-state index contributed by atoms with van der Waals surface area (Å²) < 4.78 is 28.6. The molecule has 2 fully saturated rings. The SMILES string of the molecule is CC(=O)C1C(=O)C(C(C)C)[C@@]2(C)C[C@@]3(C)Cc4c(C(C)C)cc(-c5ccc(F)cc5F)c(O)c4C(=O)C3C(=O)[C@@]2(O)C1=O. The van der Waals surface area contributed by atoms with E-state index in [0.29, 0.717) is 17.2 Å². The van der Waals surface area contributed by atoms with Gasteiger partial charge in [0, 0.05) is 28.5 Å². The van der Waals surface area contributed by atoms with E-state index in [9.17, 15) is 43.0 Å². The van der Waals surface area contributed by atoms with Gasteiger partial charge in [-0.3, -0.25) is 24.0 Å². The van der Waals surface area contributed by atoms with Crippen LogP contribution >= 0.6 is 0 Å². The molecule has 0 amide bonds. The third kappa shape index (κ3) is 3.96. The number of Topliss-reactive ketones (excluding diaryl/α,β-unsaturated/α-hetero) is 5. The number of phenolic OH excluding ortho intramolecular Hbond substituents is 1. The van der Waals surface area contributed by atoms with E-state index in [-0.39, 0.29) is 35.4 Å². The number of benzene rings is 2. The van der Waals surface area contributed by atoms with E-state index in [1.807, 2.05) is 13.8 Å². The molecule has 7 nitrogen and oxygen atoms in total. The van der Waals surface area contributed by atoms with E-state index < -0.39 is 86.4 Å². The number of halogens is 2. The van der Waals surface area contributed by atoms with Gasteiger partial charge in [-0.1, -0.05) is 41.5 Å². The van der Waals surface area contributed by atoms with Crippen molar-refractivity contribution in [2.75, 3.05) is 0 Å². The number of ketones is 5. The highest BCUT2D eigenvalue weighted by Gasteiger charge is 2.76. The monoisotopic (exact) mass is 594 g/mol. The fourth-order valence-electron chi connectivity index (χ4n) is 8.66. The Kier molecular flexibility index (Phi) is 6.97. The van der Waals surface area contributed by atoms with Crippen LogP contribution in [0.3, 0.4) is 0 Å². The summed E-state index contributed by atoms with van der Waals surface area (Å²) in [4.78, 5) is 68.9. The number of rotatable bonds is 4.